The highest BCUT2D eigenvalue weighted by Crippen LogP contribution is 2.33. The molecule has 0 saturated carbocycles. The Balaban J connectivity index is 0.000000179. The van der Waals surface area contributed by atoms with Gasteiger partial charge in [0.1, 0.15) is 16.7 Å². The third kappa shape index (κ3) is 7.97. The van der Waals surface area contributed by atoms with Crippen molar-refractivity contribution < 1.29 is 38.6 Å². The number of aryl methyl sites for hydroxylation is 2. The fourth-order valence-electron chi connectivity index (χ4n) is 5.79. The first-order valence-electron chi connectivity index (χ1n) is 16.9. The van der Waals surface area contributed by atoms with Gasteiger partial charge >= 0.3 is 0 Å². The molecule has 2 aromatic carbocycles. The Morgan fingerprint density at radius 3 is 1.46 bits per heavy atom. The summed E-state index contributed by atoms with van der Waals surface area (Å²) >= 11 is 1.08. The van der Waals surface area contributed by atoms with Gasteiger partial charge in [0.2, 0.25) is 0 Å². The van der Waals surface area contributed by atoms with E-state index in [1.54, 1.807) is 30.5 Å². The summed E-state index contributed by atoms with van der Waals surface area (Å²) in [5.74, 6) is -2.82. The lowest BCUT2D eigenvalue weighted by atomic mass is 10.2. The first kappa shape index (κ1) is 41.3. The molecule has 6 aromatic heterocycles. The standard InChI is InChI=1S/C19H14F2N4O3S2.C19H14F2N4O2S2/c1-11-3-5-13(6-4-11)30(27,28)25-10-15(14-7-12(20)8-23-18(14)25)17-22-9-16(21)19(24-17)29(2)26;1-11-3-5-13(6-4-11)29(26,27)25-10-15(14-7-12(20)8-23-18(14)25)17-22-9-16(21)19(24-17)28-2/h3-10H,1-2H3;3-10H,1-2H3. The third-order valence-electron chi connectivity index (χ3n) is 8.68. The van der Waals surface area contributed by atoms with Crippen molar-refractivity contribution in [3.8, 4) is 22.8 Å². The molecular weight excluding hydrogens is 853 g/mol. The molecule has 1 unspecified atom stereocenters. The highest BCUT2D eigenvalue weighted by atomic mass is 32.2. The molecule has 0 amide bonds. The lowest BCUT2D eigenvalue weighted by Gasteiger charge is -2.07. The van der Waals surface area contributed by atoms with Crippen molar-refractivity contribution in [3.63, 3.8) is 0 Å². The zero-order valence-electron chi connectivity index (χ0n) is 31.0. The third-order valence-corrected chi connectivity index (χ3v) is 13.5. The monoisotopic (exact) mass is 880 g/mol. The zero-order valence-corrected chi connectivity index (χ0v) is 34.3. The van der Waals surface area contributed by atoms with E-state index in [2.05, 4.69) is 29.9 Å². The maximum Gasteiger partial charge on any atom is 0.269 e. The van der Waals surface area contributed by atoms with Gasteiger partial charge in [-0.1, -0.05) is 35.4 Å². The van der Waals surface area contributed by atoms with Crippen molar-refractivity contribution in [1.29, 1.82) is 0 Å². The van der Waals surface area contributed by atoms with Gasteiger partial charge in [-0.2, -0.15) is 0 Å². The van der Waals surface area contributed by atoms with Gasteiger partial charge in [0.15, 0.2) is 39.6 Å². The van der Waals surface area contributed by atoms with Crippen LogP contribution in [0.15, 0.2) is 118 Å². The van der Waals surface area contributed by atoms with Gasteiger partial charge in [0, 0.05) is 40.5 Å². The van der Waals surface area contributed by atoms with E-state index < -0.39 is 54.1 Å². The summed E-state index contributed by atoms with van der Waals surface area (Å²) in [6.45, 7) is 3.67. The molecule has 8 aromatic rings. The van der Waals surface area contributed by atoms with Gasteiger partial charge in [0.25, 0.3) is 20.0 Å². The molecule has 0 aliphatic carbocycles. The number of aromatic nitrogens is 8. The number of hydrogen-bond acceptors (Lipinski definition) is 12. The predicted molar refractivity (Wildman–Crippen MR) is 213 cm³/mol. The molecule has 302 valence electrons. The maximum absolute atomic E-state index is 13.9. The van der Waals surface area contributed by atoms with Crippen LogP contribution in [-0.2, 0) is 30.8 Å². The summed E-state index contributed by atoms with van der Waals surface area (Å²) in [5, 5.41) is 0.0813. The predicted octanol–water partition coefficient (Wildman–Crippen LogP) is 7.09. The molecular formula is C38H28F4N8O5S4. The molecule has 0 aliphatic rings. The number of pyridine rings is 2. The van der Waals surface area contributed by atoms with Crippen LogP contribution in [0, 0.1) is 37.1 Å². The zero-order chi connectivity index (χ0) is 42.4. The van der Waals surface area contributed by atoms with Gasteiger partial charge in [-0.25, -0.2) is 72.2 Å². The number of thioether (sulfide) groups is 1. The molecule has 0 fully saturated rings. The van der Waals surface area contributed by atoms with Crippen LogP contribution in [0.4, 0.5) is 17.6 Å². The minimum Gasteiger partial charge on any atom is -0.253 e. The van der Waals surface area contributed by atoms with Gasteiger partial charge in [-0.05, 0) is 56.5 Å². The topological polar surface area (TPSA) is 173 Å². The summed E-state index contributed by atoms with van der Waals surface area (Å²) in [6.07, 6.45) is 9.05. The first-order valence-corrected chi connectivity index (χ1v) is 22.6. The van der Waals surface area contributed by atoms with Gasteiger partial charge < -0.3 is 0 Å². The summed E-state index contributed by atoms with van der Waals surface area (Å²) in [6, 6.07) is 14.8. The van der Waals surface area contributed by atoms with Gasteiger partial charge in [0.05, 0.1) is 45.4 Å². The molecule has 21 heteroatoms. The van der Waals surface area contributed by atoms with Crippen molar-refractivity contribution in [2.24, 2.45) is 0 Å². The van der Waals surface area contributed by atoms with E-state index in [9.17, 15) is 38.6 Å². The normalized spacial score (nSPS) is 12.4. The van der Waals surface area contributed by atoms with Gasteiger partial charge in [-0.3, -0.25) is 4.21 Å². The average molecular weight is 881 g/mol. The highest BCUT2D eigenvalue weighted by Gasteiger charge is 2.26. The molecule has 0 spiro atoms. The molecule has 6 heterocycles. The minimum absolute atomic E-state index is 0.0121. The van der Waals surface area contributed by atoms with Crippen LogP contribution >= 0.6 is 11.8 Å². The number of nitrogens with zero attached hydrogens (tertiary/aromatic N) is 8. The van der Waals surface area contributed by atoms with Crippen LogP contribution < -0.4 is 0 Å². The molecule has 8 rings (SSSR count). The molecule has 0 saturated heterocycles. The van der Waals surface area contributed by atoms with E-state index >= 15 is 0 Å². The van der Waals surface area contributed by atoms with E-state index in [1.165, 1.54) is 42.9 Å². The highest BCUT2D eigenvalue weighted by molar-refractivity contribution is 7.98. The van der Waals surface area contributed by atoms with Crippen LogP contribution in [0.2, 0.25) is 0 Å². The van der Waals surface area contributed by atoms with Crippen molar-refractivity contribution in [2.75, 3.05) is 12.5 Å². The Hall–Kier alpha value is -5.90. The Bertz CT molecular complexity index is 3180. The largest absolute Gasteiger partial charge is 0.269 e. The summed E-state index contributed by atoms with van der Waals surface area (Å²) < 4.78 is 122. The molecule has 1 atom stereocenters. The van der Waals surface area contributed by atoms with E-state index in [1.807, 2.05) is 13.8 Å². The Kier molecular flexibility index (Phi) is 11.2. The molecule has 0 N–H and O–H groups in total. The van der Waals surface area contributed by atoms with Crippen molar-refractivity contribution >= 4 is 64.7 Å². The lowest BCUT2D eigenvalue weighted by molar-refractivity contribution is 0.573. The average Bonchev–Trinajstić information content (AvgIpc) is 3.78. The smallest absolute Gasteiger partial charge is 0.253 e. The SMILES string of the molecule is CSc1nc(-c2cn(S(=O)(=O)c3ccc(C)cc3)c3ncc(F)cc23)ncc1F.Cc1ccc(S(=O)(=O)n2cc(-c3ncc(F)c(S(C)=O)n3)c3cc(F)cnc32)cc1. The number of fused-ring (bicyclic) bond motifs is 2. The molecule has 0 aliphatic heterocycles. The van der Waals surface area contributed by atoms with Crippen molar-refractivity contribution in [3.05, 3.63) is 132 Å². The minimum atomic E-state index is -4.07. The molecule has 59 heavy (non-hydrogen) atoms. The second-order valence-corrected chi connectivity index (χ2v) is 18.4. The Morgan fingerprint density at radius 1 is 0.610 bits per heavy atom. The van der Waals surface area contributed by atoms with Crippen LogP contribution in [0.5, 0.6) is 0 Å². The van der Waals surface area contributed by atoms with Gasteiger partial charge in [-0.15, -0.1) is 11.8 Å². The van der Waals surface area contributed by atoms with E-state index in [0.717, 1.165) is 67.8 Å². The van der Waals surface area contributed by atoms with Crippen LogP contribution in [-0.4, -0.2) is 71.4 Å². The van der Waals surface area contributed by atoms with Crippen LogP contribution in [0.3, 0.4) is 0 Å². The molecule has 0 bridgehead atoms. The van der Waals surface area contributed by atoms with Crippen LogP contribution in [0.25, 0.3) is 44.8 Å². The second-order valence-electron chi connectivity index (χ2n) is 12.7. The number of benzene rings is 2. The summed E-state index contributed by atoms with van der Waals surface area (Å²) in [5.41, 5.74) is 2.12. The Labute approximate surface area is 340 Å². The molecule has 13 nitrogen and oxygen atoms in total. The Morgan fingerprint density at radius 2 is 1.03 bits per heavy atom. The van der Waals surface area contributed by atoms with E-state index in [0.29, 0.717) is 0 Å². The number of halogens is 4. The first-order chi connectivity index (χ1) is 28.0. The number of rotatable bonds is 8. The maximum atomic E-state index is 13.9. The van der Waals surface area contributed by atoms with E-state index in [-0.39, 0.29) is 64.7 Å². The number of hydrogen-bond donors (Lipinski definition) is 0. The van der Waals surface area contributed by atoms with Crippen molar-refractivity contribution in [1.82, 2.24) is 37.8 Å². The van der Waals surface area contributed by atoms with Crippen molar-refractivity contribution in [2.45, 2.75) is 33.7 Å². The fraction of sp³-hybridized carbons (Fsp3) is 0.105. The second kappa shape index (κ2) is 16.0. The molecule has 0 radical (unpaired) electrons. The van der Waals surface area contributed by atoms with Crippen LogP contribution in [0.1, 0.15) is 11.1 Å². The lowest BCUT2D eigenvalue weighted by Crippen LogP contribution is -2.12. The summed E-state index contributed by atoms with van der Waals surface area (Å²) in [7, 11) is -9.83. The summed E-state index contributed by atoms with van der Waals surface area (Å²) in [4.78, 5) is 23.9. The quantitative estimate of drug-likeness (QED) is 0.0863. The van der Waals surface area contributed by atoms with E-state index in [4.69, 9.17) is 0 Å². The fourth-order valence-corrected chi connectivity index (χ4v) is 9.40.